The van der Waals surface area contributed by atoms with Gasteiger partial charge in [-0.3, -0.25) is 9.78 Å². The summed E-state index contributed by atoms with van der Waals surface area (Å²) in [6.45, 7) is 0.223. The van der Waals surface area contributed by atoms with Gasteiger partial charge in [-0.15, -0.1) is 0 Å². The molecule has 31 heavy (non-hydrogen) atoms. The molecular weight excluding hydrogens is 403 g/mol. The highest BCUT2D eigenvalue weighted by Gasteiger charge is 2.31. The second kappa shape index (κ2) is 11.4. The molecule has 1 saturated heterocycles. The van der Waals surface area contributed by atoms with E-state index in [1.54, 1.807) is 30.6 Å². The molecule has 1 fully saturated rings. The third-order valence-electron chi connectivity index (χ3n) is 5.10. The van der Waals surface area contributed by atoms with E-state index >= 15 is 0 Å². The molecule has 4 N–H and O–H groups in total. The van der Waals surface area contributed by atoms with E-state index in [1.165, 1.54) is 18.2 Å². The van der Waals surface area contributed by atoms with Gasteiger partial charge in [0.05, 0.1) is 25.2 Å². The monoisotopic (exact) mass is 430 g/mol. The smallest absolute Gasteiger partial charge is 0.319 e. The van der Waals surface area contributed by atoms with Crippen LogP contribution in [0.4, 0.5) is 14.9 Å². The number of benzene rings is 1. The average Bonchev–Trinajstić information content (AvgIpc) is 2.75. The van der Waals surface area contributed by atoms with E-state index in [0.29, 0.717) is 37.9 Å². The van der Waals surface area contributed by atoms with Gasteiger partial charge in [-0.05, 0) is 55.2 Å². The first kappa shape index (κ1) is 22.6. The zero-order valence-electron chi connectivity index (χ0n) is 17.1. The fourth-order valence-electron chi connectivity index (χ4n) is 3.53. The zero-order chi connectivity index (χ0) is 22.1. The maximum Gasteiger partial charge on any atom is 0.319 e. The number of rotatable bonds is 8. The van der Waals surface area contributed by atoms with Crippen molar-refractivity contribution >= 4 is 17.6 Å². The second-order valence-electron chi connectivity index (χ2n) is 7.44. The van der Waals surface area contributed by atoms with Gasteiger partial charge in [0, 0.05) is 24.6 Å². The quantitative estimate of drug-likeness (QED) is 0.512. The minimum atomic E-state index is -0.551. The summed E-state index contributed by atoms with van der Waals surface area (Å²) in [4.78, 5) is 28.2. The van der Waals surface area contributed by atoms with Crippen LogP contribution in [0.25, 0.3) is 0 Å². The molecule has 8 nitrogen and oxygen atoms in total. The SMILES string of the molecule is O=C(Cc1ccncc1)NCC[C@H]1CC[C@H](NC(=O)Nc2cccc(F)c2)[C@@H](CO)O1. The van der Waals surface area contributed by atoms with Crippen LogP contribution in [0.3, 0.4) is 0 Å². The van der Waals surface area contributed by atoms with E-state index in [0.717, 1.165) is 5.56 Å². The van der Waals surface area contributed by atoms with Gasteiger partial charge in [0.25, 0.3) is 0 Å². The molecule has 0 radical (unpaired) electrons. The van der Waals surface area contributed by atoms with Gasteiger partial charge in [0.1, 0.15) is 11.9 Å². The number of ether oxygens (including phenoxy) is 1. The predicted molar refractivity (Wildman–Crippen MR) is 113 cm³/mol. The fourth-order valence-corrected chi connectivity index (χ4v) is 3.53. The minimum absolute atomic E-state index is 0.0747. The molecule has 1 aromatic carbocycles. The molecular formula is C22H27FN4O4. The number of aromatic nitrogens is 1. The van der Waals surface area contributed by atoms with Crippen LogP contribution in [0.15, 0.2) is 48.8 Å². The Labute approximate surface area is 180 Å². The van der Waals surface area contributed by atoms with Crippen molar-refractivity contribution in [2.24, 2.45) is 0 Å². The Bertz CT molecular complexity index is 868. The van der Waals surface area contributed by atoms with Crippen molar-refractivity contribution in [1.29, 1.82) is 0 Å². The lowest BCUT2D eigenvalue weighted by atomic mass is 9.97. The molecule has 3 atom stereocenters. The van der Waals surface area contributed by atoms with E-state index < -0.39 is 18.0 Å². The van der Waals surface area contributed by atoms with Gasteiger partial charge in [-0.1, -0.05) is 6.07 Å². The van der Waals surface area contributed by atoms with Crippen molar-refractivity contribution in [2.45, 2.75) is 43.9 Å². The van der Waals surface area contributed by atoms with E-state index in [2.05, 4.69) is 20.9 Å². The number of carbonyl (C=O) groups excluding carboxylic acids is 2. The summed E-state index contributed by atoms with van der Waals surface area (Å²) in [5, 5.41) is 17.9. The van der Waals surface area contributed by atoms with Crippen molar-refractivity contribution in [3.05, 3.63) is 60.2 Å². The molecule has 166 valence electrons. The second-order valence-corrected chi connectivity index (χ2v) is 7.44. The van der Waals surface area contributed by atoms with Crippen LogP contribution in [0.2, 0.25) is 0 Å². The van der Waals surface area contributed by atoms with Gasteiger partial charge in [0.15, 0.2) is 0 Å². The van der Waals surface area contributed by atoms with E-state index in [-0.39, 0.29) is 24.7 Å². The number of amides is 3. The average molecular weight is 430 g/mol. The summed E-state index contributed by atoms with van der Waals surface area (Å²) < 4.78 is 19.1. The largest absolute Gasteiger partial charge is 0.394 e. The summed E-state index contributed by atoms with van der Waals surface area (Å²) in [6.07, 6.45) is 4.83. The number of hydrogen-bond donors (Lipinski definition) is 4. The number of aliphatic hydroxyl groups is 1. The summed E-state index contributed by atoms with van der Waals surface area (Å²) in [6, 6.07) is 8.35. The van der Waals surface area contributed by atoms with E-state index in [9.17, 15) is 19.1 Å². The number of hydrogen-bond acceptors (Lipinski definition) is 5. The van der Waals surface area contributed by atoms with Crippen LogP contribution in [0.5, 0.6) is 0 Å². The molecule has 1 aromatic heterocycles. The lowest BCUT2D eigenvalue weighted by Crippen LogP contribution is -2.52. The highest BCUT2D eigenvalue weighted by atomic mass is 19.1. The van der Waals surface area contributed by atoms with Crippen LogP contribution in [-0.2, 0) is 16.0 Å². The van der Waals surface area contributed by atoms with Crippen molar-refractivity contribution in [3.63, 3.8) is 0 Å². The number of halogens is 1. The molecule has 1 aliphatic heterocycles. The van der Waals surface area contributed by atoms with Gasteiger partial charge >= 0.3 is 6.03 Å². The number of anilines is 1. The number of nitrogens with zero attached hydrogens (tertiary/aromatic N) is 1. The first-order chi connectivity index (χ1) is 15.0. The summed E-state index contributed by atoms with van der Waals surface area (Å²) in [5.74, 6) is -0.517. The Balaban J connectivity index is 1.39. The standard InChI is InChI=1S/C22H27FN4O4/c23-16-2-1-3-17(13-16)26-22(30)27-19-5-4-18(31-20(19)14-28)8-11-25-21(29)12-15-6-9-24-10-7-15/h1-3,6-7,9-10,13,18-20,28H,4-5,8,11-12,14H2,(H,25,29)(H2,26,27,30)/t18-,19+,20-/m1/s1. The Morgan fingerprint density at radius 1 is 1.19 bits per heavy atom. The molecule has 0 bridgehead atoms. The van der Waals surface area contributed by atoms with E-state index in [4.69, 9.17) is 4.74 Å². The third kappa shape index (κ3) is 7.30. The van der Waals surface area contributed by atoms with Crippen LogP contribution in [0, 0.1) is 5.82 Å². The molecule has 2 aromatic rings. The first-order valence-corrected chi connectivity index (χ1v) is 10.3. The van der Waals surface area contributed by atoms with Crippen LogP contribution in [-0.4, -0.2) is 53.4 Å². The molecule has 0 aliphatic carbocycles. The number of pyridine rings is 1. The molecule has 9 heteroatoms. The summed E-state index contributed by atoms with van der Waals surface area (Å²) in [7, 11) is 0. The fraction of sp³-hybridized carbons (Fsp3) is 0.409. The van der Waals surface area contributed by atoms with Crippen LogP contribution < -0.4 is 16.0 Å². The molecule has 3 rings (SSSR count). The Hall–Kier alpha value is -3.04. The minimum Gasteiger partial charge on any atom is -0.394 e. The van der Waals surface area contributed by atoms with Crippen molar-refractivity contribution in [1.82, 2.24) is 15.6 Å². The molecule has 2 heterocycles. The molecule has 3 amide bonds. The normalized spacial score (nSPS) is 20.6. The van der Waals surface area contributed by atoms with Crippen LogP contribution in [0.1, 0.15) is 24.8 Å². The van der Waals surface area contributed by atoms with Crippen molar-refractivity contribution < 1.29 is 23.8 Å². The van der Waals surface area contributed by atoms with Gasteiger partial charge in [-0.25, -0.2) is 9.18 Å². The lowest BCUT2D eigenvalue weighted by Gasteiger charge is -2.36. The lowest BCUT2D eigenvalue weighted by molar-refractivity contribution is -0.121. The molecule has 0 unspecified atom stereocenters. The van der Waals surface area contributed by atoms with Gasteiger partial charge in [0.2, 0.25) is 5.91 Å². The highest BCUT2D eigenvalue weighted by Crippen LogP contribution is 2.22. The summed E-state index contributed by atoms with van der Waals surface area (Å²) in [5.41, 5.74) is 1.24. The van der Waals surface area contributed by atoms with Crippen molar-refractivity contribution in [2.75, 3.05) is 18.5 Å². The highest BCUT2D eigenvalue weighted by molar-refractivity contribution is 5.89. The Morgan fingerprint density at radius 3 is 2.74 bits per heavy atom. The molecule has 0 spiro atoms. The number of nitrogens with one attached hydrogen (secondary N) is 3. The van der Waals surface area contributed by atoms with Crippen LogP contribution >= 0.6 is 0 Å². The Morgan fingerprint density at radius 2 is 2.00 bits per heavy atom. The molecule has 0 saturated carbocycles. The van der Waals surface area contributed by atoms with Gasteiger partial charge in [-0.2, -0.15) is 0 Å². The number of aliphatic hydroxyl groups excluding tert-OH is 1. The van der Waals surface area contributed by atoms with E-state index in [1.807, 2.05) is 0 Å². The third-order valence-corrected chi connectivity index (χ3v) is 5.10. The predicted octanol–water partition coefficient (Wildman–Crippen LogP) is 2.00. The first-order valence-electron chi connectivity index (χ1n) is 10.3. The Kier molecular flexibility index (Phi) is 8.31. The van der Waals surface area contributed by atoms with Crippen molar-refractivity contribution in [3.8, 4) is 0 Å². The maximum absolute atomic E-state index is 13.2. The number of carbonyl (C=O) groups is 2. The van der Waals surface area contributed by atoms with Gasteiger partial charge < -0.3 is 25.8 Å². The molecule has 1 aliphatic rings. The zero-order valence-corrected chi connectivity index (χ0v) is 17.1. The summed E-state index contributed by atoms with van der Waals surface area (Å²) >= 11 is 0. The topological polar surface area (TPSA) is 113 Å². The maximum atomic E-state index is 13.2. The number of urea groups is 1.